The Morgan fingerprint density at radius 2 is 1.67 bits per heavy atom. The van der Waals surface area contributed by atoms with Crippen molar-refractivity contribution in [2.75, 3.05) is 30.8 Å². The van der Waals surface area contributed by atoms with Crippen LogP contribution >= 0.6 is 11.6 Å². The first-order valence-corrected chi connectivity index (χ1v) is 12.4. The SMILES string of the molecule is COc1ccc(N(Cc2ccc(C(=O)NCCOc3ccccc3Cl)cc2)S(C)(=O)=O)cc1. The van der Waals surface area contributed by atoms with Gasteiger partial charge in [0.1, 0.15) is 18.1 Å². The number of carbonyl (C=O) groups excluding carboxylic acids is 1. The van der Waals surface area contributed by atoms with Crippen molar-refractivity contribution in [2.24, 2.45) is 0 Å². The first-order chi connectivity index (χ1) is 15.8. The normalized spacial score (nSPS) is 11.0. The van der Waals surface area contributed by atoms with E-state index >= 15 is 0 Å². The van der Waals surface area contributed by atoms with Crippen molar-refractivity contribution < 1.29 is 22.7 Å². The summed E-state index contributed by atoms with van der Waals surface area (Å²) in [5, 5.41) is 3.30. The zero-order valence-electron chi connectivity index (χ0n) is 18.3. The average Bonchev–Trinajstić information content (AvgIpc) is 2.81. The van der Waals surface area contributed by atoms with Gasteiger partial charge >= 0.3 is 0 Å². The third-order valence-electron chi connectivity index (χ3n) is 4.78. The summed E-state index contributed by atoms with van der Waals surface area (Å²) in [4.78, 5) is 12.4. The lowest BCUT2D eigenvalue weighted by molar-refractivity contribution is 0.0947. The van der Waals surface area contributed by atoms with E-state index in [1.54, 1.807) is 67.8 Å². The summed E-state index contributed by atoms with van der Waals surface area (Å²) in [5.41, 5.74) is 1.74. The highest BCUT2D eigenvalue weighted by Gasteiger charge is 2.18. The van der Waals surface area contributed by atoms with E-state index in [0.29, 0.717) is 34.3 Å². The van der Waals surface area contributed by atoms with Crippen LogP contribution in [0.1, 0.15) is 15.9 Å². The number of sulfonamides is 1. The van der Waals surface area contributed by atoms with Gasteiger partial charge in [0.05, 0.1) is 37.2 Å². The van der Waals surface area contributed by atoms with Crippen LogP contribution in [-0.2, 0) is 16.6 Å². The van der Waals surface area contributed by atoms with E-state index in [4.69, 9.17) is 21.1 Å². The molecule has 0 aliphatic carbocycles. The number of carbonyl (C=O) groups is 1. The third-order valence-corrected chi connectivity index (χ3v) is 6.24. The number of benzene rings is 3. The number of halogens is 1. The standard InChI is InChI=1S/C24H25ClN2O5S/c1-31-21-13-11-20(12-14-21)27(33(2,29)30)17-18-7-9-19(10-8-18)24(28)26-15-16-32-23-6-4-3-5-22(23)25/h3-14H,15-17H2,1-2H3,(H,26,28). The Bertz CT molecular complexity index is 1180. The minimum atomic E-state index is -3.51. The number of ether oxygens (including phenoxy) is 2. The zero-order valence-corrected chi connectivity index (χ0v) is 19.9. The molecule has 0 radical (unpaired) electrons. The van der Waals surface area contributed by atoms with Crippen LogP contribution in [0.25, 0.3) is 0 Å². The molecule has 0 saturated heterocycles. The van der Waals surface area contributed by atoms with Gasteiger partial charge in [0, 0.05) is 5.56 Å². The molecule has 0 bridgehead atoms. The summed E-state index contributed by atoms with van der Waals surface area (Å²) < 4.78 is 36.7. The Morgan fingerprint density at radius 1 is 1.00 bits per heavy atom. The Kier molecular flexibility index (Phi) is 8.19. The van der Waals surface area contributed by atoms with Crippen molar-refractivity contribution in [3.8, 4) is 11.5 Å². The van der Waals surface area contributed by atoms with E-state index in [-0.39, 0.29) is 19.1 Å². The van der Waals surface area contributed by atoms with Gasteiger partial charge in [0.25, 0.3) is 5.91 Å². The molecule has 0 aromatic heterocycles. The van der Waals surface area contributed by atoms with Crippen LogP contribution in [0, 0.1) is 0 Å². The maximum absolute atomic E-state index is 12.4. The van der Waals surface area contributed by atoms with Crippen molar-refractivity contribution in [3.05, 3.63) is 88.9 Å². The molecule has 0 unspecified atom stereocenters. The van der Waals surface area contributed by atoms with Crippen LogP contribution in [0.3, 0.4) is 0 Å². The molecular formula is C24H25ClN2O5S. The molecular weight excluding hydrogens is 464 g/mol. The number of anilines is 1. The van der Waals surface area contributed by atoms with Crippen molar-refractivity contribution in [1.82, 2.24) is 5.32 Å². The lowest BCUT2D eigenvalue weighted by Crippen LogP contribution is -2.29. The summed E-state index contributed by atoms with van der Waals surface area (Å²) in [6.45, 7) is 0.725. The second-order valence-corrected chi connectivity index (χ2v) is 9.51. The second-order valence-electron chi connectivity index (χ2n) is 7.20. The minimum Gasteiger partial charge on any atom is -0.497 e. The van der Waals surface area contributed by atoms with Gasteiger partial charge in [-0.15, -0.1) is 0 Å². The maximum atomic E-state index is 12.4. The quantitative estimate of drug-likeness (QED) is 0.434. The number of para-hydroxylation sites is 1. The van der Waals surface area contributed by atoms with Gasteiger partial charge in [-0.05, 0) is 54.1 Å². The highest BCUT2D eigenvalue weighted by atomic mass is 35.5. The highest BCUT2D eigenvalue weighted by molar-refractivity contribution is 7.92. The molecule has 33 heavy (non-hydrogen) atoms. The summed E-state index contributed by atoms with van der Waals surface area (Å²) >= 11 is 6.03. The fourth-order valence-corrected chi connectivity index (χ4v) is 4.14. The van der Waals surface area contributed by atoms with E-state index in [9.17, 15) is 13.2 Å². The summed E-state index contributed by atoms with van der Waals surface area (Å²) in [6, 6.07) is 20.7. The van der Waals surface area contributed by atoms with Gasteiger partial charge in [-0.25, -0.2) is 8.42 Å². The van der Waals surface area contributed by atoms with Gasteiger partial charge in [-0.3, -0.25) is 9.10 Å². The summed E-state index contributed by atoms with van der Waals surface area (Å²) in [7, 11) is -1.96. The number of rotatable bonds is 10. The molecule has 0 aliphatic rings. The molecule has 0 fully saturated rings. The molecule has 174 valence electrons. The number of nitrogens with zero attached hydrogens (tertiary/aromatic N) is 1. The van der Waals surface area contributed by atoms with Crippen molar-refractivity contribution >= 4 is 33.2 Å². The Morgan fingerprint density at radius 3 is 2.27 bits per heavy atom. The van der Waals surface area contributed by atoms with E-state index < -0.39 is 10.0 Å². The van der Waals surface area contributed by atoms with E-state index in [1.165, 1.54) is 4.31 Å². The third kappa shape index (κ3) is 6.87. The number of nitrogens with one attached hydrogen (secondary N) is 1. The number of amides is 1. The van der Waals surface area contributed by atoms with E-state index in [0.717, 1.165) is 11.8 Å². The molecule has 7 nitrogen and oxygen atoms in total. The second kappa shape index (κ2) is 11.1. The van der Waals surface area contributed by atoms with Gasteiger partial charge in [-0.1, -0.05) is 35.9 Å². The van der Waals surface area contributed by atoms with E-state index in [2.05, 4.69) is 5.32 Å². The van der Waals surface area contributed by atoms with Gasteiger partial charge in [-0.2, -0.15) is 0 Å². The predicted molar refractivity (Wildman–Crippen MR) is 130 cm³/mol. The van der Waals surface area contributed by atoms with Gasteiger partial charge < -0.3 is 14.8 Å². The zero-order chi connectivity index (χ0) is 23.8. The Balaban J connectivity index is 1.58. The molecule has 3 rings (SSSR count). The molecule has 0 aliphatic heterocycles. The molecule has 0 atom stereocenters. The summed E-state index contributed by atoms with van der Waals surface area (Å²) in [6.07, 6.45) is 1.16. The lowest BCUT2D eigenvalue weighted by Gasteiger charge is -2.23. The van der Waals surface area contributed by atoms with Crippen LogP contribution in [-0.4, -0.2) is 40.8 Å². The molecule has 9 heteroatoms. The van der Waals surface area contributed by atoms with Gasteiger partial charge in [0.2, 0.25) is 10.0 Å². The molecule has 1 N–H and O–H groups in total. The Labute approximate surface area is 198 Å². The van der Waals surface area contributed by atoms with Crippen molar-refractivity contribution in [3.63, 3.8) is 0 Å². The van der Waals surface area contributed by atoms with Crippen LogP contribution < -0.4 is 19.1 Å². The number of hydrogen-bond acceptors (Lipinski definition) is 5. The number of methoxy groups -OCH3 is 1. The topological polar surface area (TPSA) is 84.9 Å². The molecule has 0 spiro atoms. The van der Waals surface area contributed by atoms with Crippen LogP contribution in [0.4, 0.5) is 5.69 Å². The maximum Gasteiger partial charge on any atom is 0.251 e. The largest absolute Gasteiger partial charge is 0.497 e. The summed E-state index contributed by atoms with van der Waals surface area (Å²) in [5.74, 6) is 0.948. The van der Waals surface area contributed by atoms with E-state index in [1.807, 2.05) is 12.1 Å². The Hall–Kier alpha value is -3.23. The molecule has 3 aromatic carbocycles. The van der Waals surface area contributed by atoms with Crippen molar-refractivity contribution in [2.45, 2.75) is 6.54 Å². The first-order valence-electron chi connectivity index (χ1n) is 10.1. The average molecular weight is 489 g/mol. The fourth-order valence-electron chi connectivity index (χ4n) is 3.07. The predicted octanol–water partition coefficient (Wildman–Crippen LogP) is 4.12. The number of hydrogen-bond donors (Lipinski definition) is 1. The molecule has 0 saturated carbocycles. The lowest BCUT2D eigenvalue weighted by atomic mass is 10.1. The molecule has 0 heterocycles. The van der Waals surface area contributed by atoms with Crippen LogP contribution in [0.15, 0.2) is 72.8 Å². The monoisotopic (exact) mass is 488 g/mol. The van der Waals surface area contributed by atoms with Crippen LogP contribution in [0.5, 0.6) is 11.5 Å². The van der Waals surface area contributed by atoms with Gasteiger partial charge in [0.15, 0.2) is 0 Å². The van der Waals surface area contributed by atoms with Crippen LogP contribution in [0.2, 0.25) is 5.02 Å². The molecule has 3 aromatic rings. The van der Waals surface area contributed by atoms with Crippen molar-refractivity contribution in [1.29, 1.82) is 0 Å². The minimum absolute atomic E-state index is 0.138. The molecule has 1 amide bonds. The highest BCUT2D eigenvalue weighted by Crippen LogP contribution is 2.24. The smallest absolute Gasteiger partial charge is 0.251 e. The fraction of sp³-hybridized carbons (Fsp3) is 0.208. The first kappa shape index (κ1) is 24.4.